The second kappa shape index (κ2) is 9.49. The van der Waals surface area contributed by atoms with Crippen LogP contribution in [-0.4, -0.2) is 26.2 Å². The van der Waals surface area contributed by atoms with Crippen molar-refractivity contribution < 1.29 is 19.0 Å². The largest absolute Gasteiger partial charge is 0.497 e. The third-order valence-electron chi connectivity index (χ3n) is 4.79. The number of aryl methyl sites for hydroxylation is 1. The number of amides is 1. The van der Waals surface area contributed by atoms with E-state index < -0.39 is 6.10 Å². The molecular formula is C23H31NO4. The van der Waals surface area contributed by atoms with Gasteiger partial charge in [-0.25, -0.2) is 0 Å². The van der Waals surface area contributed by atoms with Gasteiger partial charge in [-0.15, -0.1) is 0 Å². The molecule has 0 radical (unpaired) electrons. The average molecular weight is 386 g/mol. The highest BCUT2D eigenvalue weighted by Crippen LogP contribution is 2.32. The van der Waals surface area contributed by atoms with Crippen LogP contribution in [0.1, 0.15) is 56.3 Å². The van der Waals surface area contributed by atoms with Crippen LogP contribution in [0.15, 0.2) is 36.4 Å². The van der Waals surface area contributed by atoms with Gasteiger partial charge in [0.15, 0.2) is 6.10 Å². The SMILES string of the molecule is COc1cccc(O[C@H](C)C(=O)N[C@@H](C)c2cc(C(C)C)c(OC)cc2C)c1. The van der Waals surface area contributed by atoms with Crippen LogP contribution >= 0.6 is 0 Å². The summed E-state index contributed by atoms with van der Waals surface area (Å²) in [4.78, 5) is 12.6. The van der Waals surface area contributed by atoms with Crippen molar-refractivity contribution in [3.63, 3.8) is 0 Å². The van der Waals surface area contributed by atoms with Gasteiger partial charge < -0.3 is 19.5 Å². The number of methoxy groups -OCH3 is 2. The zero-order valence-electron chi connectivity index (χ0n) is 17.8. The van der Waals surface area contributed by atoms with Gasteiger partial charge in [-0.3, -0.25) is 4.79 Å². The fourth-order valence-corrected chi connectivity index (χ4v) is 3.15. The highest BCUT2D eigenvalue weighted by molar-refractivity contribution is 5.81. The molecule has 0 saturated carbocycles. The van der Waals surface area contributed by atoms with E-state index in [0.717, 1.165) is 22.4 Å². The van der Waals surface area contributed by atoms with E-state index in [0.29, 0.717) is 17.4 Å². The van der Waals surface area contributed by atoms with Gasteiger partial charge >= 0.3 is 0 Å². The van der Waals surface area contributed by atoms with Crippen LogP contribution < -0.4 is 19.5 Å². The first-order valence-electron chi connectivity index (χ1n) is 9.56. The molecule has 0 saturated heterocycles. The first kappa shape index (κ1) is 21.6. The van der Waals surface area contributed by atoms with E-state index in [4.69, 9.17) is 14.2 Å². The maximum atomic E-state index is 12.6. The molecule has 0 aromatic heterocycles. The summed E-state index contributed by atoms with van der Waals surface area (Å²) in [6.45, 7) is 10.0. The standard InChI is InChI=1S/C23H31NO4/c1-14(2)20-13-21(15(3)11-22(20)27-7)16(4)24-23(25)17(5)28-19-10-8-9-18(12-19)26-6/h8-14,16-17H,1-7H3,(H,24,25)/t16-,17+/m0/s1. The highest BCUT2D eigenvalue weighted by atomic mass is 16.5. The number of nitrogens with one attached hydrogen (secondary N) is 1. The Morgan fingerprint density at radius 3 is 2.21 bits per heavy atom. The summed E-state index contributed by atoms with van der Waals surface area (Å²) in [7, 11) is 3.28. The molecule has 2 rings (SSSR count). The Morgan fingerprint density at radius 1 is 0.929 bits per heavy atom. The van der Waals surface area contributed by atoms with Crippen molar-refractivity contribution in [3.8, 4) is 17.2 Å². The van der Waals surface area contributed by atoms with Crippen LogP contribution in [0.2, 0.25) is 0 Å². The predicted molar refractivity (Wildman–Crippen MR) is 111 cm³/mol. The number of ether oxygens (including phenoxy) is 3. The Kier molecular flexibility index (Phi) is 7.32. The lowest BCUT2D eigenvalue weighted by Crippen LogP contribution is -2.38. The van der Waals surface area contributed by atoms with Gasteiger partial charge in [0, 0.05) is 6.07 Å². The summed E-state index contributed by atoms with van der Waals surface area (Å²) in [5.74, 6) is 2.32. The fraction of sp³-hybridized carbons (Fsp3) is 0.435. The van der Waals surface area contributed by atoms with E-state index in [1.807, 2.05) is 32.0 Å². The molecule has 5 nitrogen and oxygen atoms in total. The van der Waals surface area contributed by atoms with Crippen LogP contribution in [0.3, 0.4) is 0 Å². The Hall–Kier alpha value is -2.69. The van der Waals surface area contributed by atoms with E-state index >= 15 is 0 Å². The van der Waals surface area contributed by atoms with Gasteiger partial charge in [-0.05, 0) is 67.6 Å². The quantitative estimate of drug-likeness (QED) is 0.710. The molecule has 0 spiro atoms. The average Bonchev–Trinajstić information content (AvgIpc) is 2.67. The van der Waals surface area contributed by atoms with Gasteiger partial charge in [0.05, 0.1) is 20.3 Å². The Balaban J connectivity index is 2.11. The summed E-state index contributed by atoms with van der Waals surface area (Å²) < 4.78 is 16.5. The minimum absolute atomic E-state index is 0.146. The molecule has 0 unspecified atom stereocenters. The smallest absolute Gasteiger partial charge is 0.261 e. The molecule has 2 aromatic rings. The second-order valence-corrected chi connectivity index (χ2v) is 7.27. The number of carbonyl (C=O) groups is 1. The van der Waals surface area contributed by atoms with Crippen molar-refractivity contribution in [2.75, 3.05) is 14.2 Å². The maximum absolute atomic E-state index is 12.6. The van der Waals surface area contributed by atoms with Crippen molar-refractivity contribution in [2.24, 2.45) is 0 Å². The number of hydrogen-bond donors (Lipinski definition) is 1. The predicted octanol–water partition coefficient (Wildman–Crippen LogP) is 4.78. The lowest BCUT2D eigenvalue weighted by molar-refractivity contribution is -0.127. The first-order valence-corrected chi connectivity index (χ1v) is 9.56. The lowest BCUT2D eigenvalue weighted by Gasteiger charge is -2.23. The summed E-state index contributed by atoms with van der Waals surface area (Å²) in [5.41, 5.74) is 3.28. The molecule has 0 aliphatic rings. The van der Waals surface area contributed by atoms with Crippen molar-refractivity contribution in [1.82, 2.24) is 5.32 Å². The van der Waals surface area contributed by atoms with Gasteiger partial charge in [0.2, 0.25) is 0 Å². The Labute approximate surface area is 168 Å². The molecular weight excluding hydrogens is 354 g/mol. The fourth-order valence-electron chi connectivity index (χ4n) is 3.15. The molecule has 0 fully saturated rings. The van der Waals surface area contributed by atoms with E-state index in [1.54, 1.807) is 33.3 Å². The molecule has 28 heavy (non-hydrogen) atoms. The van der Waals surface area contributed by atoms with Crippen LogP contribution in [0.25, 0.3) is 0 Å². The number of hydrogen-bond acceptors (Lipinski definition) is 4. The lowest BCUT2D eigenvalue weighted by atomic mass is 9.93. The highest BCUT2D eigenvalue weighted by Gasteiger charge is 2.20. The summed E-state index contributed by atoms with van der Waals surface area (Å²) in [5, 5.41) is 3.05. The van der Waals surface area contributed by atoms with Crippen LogP contribution in [0, 0.1) is 6.92 Å². The normalized spacial score (nSPS) is 13.0. The van der Waals surface area contributed by atoms with Gasteiger partial charge in [0.1, 0.15) is 17.2 Å². The topological polar surface area (TPSA) is 56.8 Å². The number of rotatable bonds is 8. The molecule has 5 heteroatoms. The monoisotopic (exact) mass is 385 g/mol. The van der Waals surface area contributed by atoms with Crippen molar-refractivity contribution >= 4 is 5.91 Å². The van der Waals surface area contributed by atoms with E-state index in [2.05, 4.69) is 25.2 Å². The third-order valence-corrected chi connectivity index (χ3v) is 4.79. The molecule has 2 atom stereocenters. The zero-order chi connectivity index (χ0) is 20.8. The molecule has 152 valence electrons. The minimum Gasteiger partial charge on any atom is -0.497 e. The van der Waals surface area contributed by atoms with E-state index in [9.17, 15) is 4.79 Å². The molecule has 2 aromatic carbocycles. The Morgan fingerprint density at radius 2 is 1.61 bits per heavy atom. The molecule has 0 heterocycles. The van der Waals surface area contributed by atoms with E-state index in [1.165, 1.54) is 0 Å². The van der Waals surface area contributed by atoms with Gasteiger partial charge in [-0.2, -0.15) is 0 Å². The minimum atomic E-state index is -0.627. The molecule has 1 N–H and O–H groups in total. The Bertz CT molecular complexity index is 816. The maximum Gasteiger partial charge on any atom is 0.261 e. The number of carbonyl (C=O) groups excluding carboxylic acids is 1. The zero-order valence-corrected chi connectivity index (χ0v) is 17.8. The molecule has 0 aliphatic heterocycles. The molecule has 0 aliphatic carbocycles. The van der Waals surface area contributed by atoms with Crippen molar-refractivity contribution in [1.29, 1.82) is 0 Å². The van der Waals surface area contributed by atoms with Crippen LogP contribution in [0.5, 0.6) is 17.2 Å². The molecule has 0 bridgehead atoms. The van der Waals surface area contributed by atoms with Gasteiger partial charge in [-0.1, -0.05) is 19.9 Å². The van der Waals surface area contributed by atoms with E-state index in [-0.39, 0.29) is 11.9 Å². The van der Waals surface area contributed by atoms with Crippen molar-refractivity contribution in [2.45, 2.75) is 52.7 Å². The summed E-state index contributed by atoms with van der Waals surface area (Å²) in [6.07, 6.45) is -0.627. The third kappa shape index (κ3) is 5.18. The van der Waals surface area contributed by atoms with Gasteiger partial charge in [0.25, 0.3) is 5.91 Å². The summed E-state index contributed by atoms with van der Waals surface area (Å²) in [6, 6.07) is 11.2. The second-order valence-electron chi connectivity index (χ2n) is 7.27. The number of benzene rings is 2. The summed E-state index contributed by atoms with van der Waals surface area (Å²) >= 11 is 0. The van der Waals surface area contributed by atoms with Crippen LogP contribution in [-0.2, 0) is 4.79 Å². The van der Waals surface area contributed by atoms with Crippen molar-refractivity contribution in [3.05, 3.63) is 53.1 Å². The molecule has 1 amide bonds. The first-order chi connectivity index (χ1) is 13.3. The van der Waals surface area contributed by atoms with Crippen LogP contribution in [0.4, 0.5) is 0 Å².